The highest BCUT2D eigenvalue weighted by Gasteiger charge is 2.39. The predicted octanol–water partition coefficient (Wildman–Crippen LogP) is 2.95. The Morgan fingerprint density at radius 3 is 2.20 bits per heavy atom. The molecule has 0 spiro atoms. The number of hydrogen-bond donors (Lipinski definition) is 0. The SMILES string of the molecule is CC(=O)CN1C2CCC1CN(CCCCc1ccc(C(C)=O)cc1)C2. The summed E-state index contributed by atoms with van der Waals surface area (Å²) in [5.41, 5.74) is 2.11. The Morgan fingerprint density at radius 2 is 1.64 bits per heavy atom. The van der Waals surface area contributed by atoms with Crippen LogP contribution in [0.15, 0.2) is 24.3 Å². The van der Waals surface area contributed by atoms with E-state index >= 15 is 0 Å². The lowest BCUT2D eigenvalue weighted by molar-refractivity contribution is -0.119. The van der Waals surface area contributed by atoms with Crippen LogP contribution in [0.1, 0.15) is 55.5 Å². The van der Waals surface area contributed by atoms with Crippen LogP contribution in [0, 0.1) is 0 Å². The molecule has 0 amide bonds. The highest BCUT2D eigenvalue weighted by Crippen LogP contribution is 2.29. The second-order valence-corrected chi connectivity index (χ2v) is 7.73. The number of piperazine rings is 1. The molecule has 4 nitrogen and oxygen atoms in total. The Labute approximate surface area is 151 Å². The molecule has 2 fully saturated rings. The second kappa shape index (κ2) is 8.24. The normalized spacial score (nSPS) is 23.8. The van der Waals surface area contributed by atoms with Gasteiger partial charge in [0.1, 0.15) is 5.78 Å². The van der Waals surface area contributed by atoms with Gasteiger partial charge in [0.05, 0.1) is 6.54 Å². The molecule has 2 atom stereocenters. The minimum atomic E-state index is 0.130. The van der Waals surface area contributed by atoms with E-state index in [0.29, 0.717) is 24.4 Å². The Balaban J connectivity index is 1.39. The number of carbonyl (C=O) groups is 2. The van der Waals surface area contributed by atoms with Crippen molar-refractivity contribution in [2.75, 3.05) is 26.2 Å². The van der Waals surface area contributed by atoms with Crippen molar-refractivity contribution in [1.82, 2.24) is 9.80 Å². The minimum Gasteiger partial charge on any atom is -0.300 e. The van der Waals surface area contributed by atoms with Crippen LogP contribution in [-0.2, 0) is 11.2 Å². The Bertz CT molecular complexity index is 597. The molecule has 25 heavy (non-hydrogen) atoms. The average Bonchev–Trinajstić information content (AvgIpc) is 2.81. The summed E-state index contributed by atoms with van der Waals surface area (Å²) in [5, 5.41) is 0. The van der Waals surface area contributed by atoms with Crippen LogP contribution < -0.4 is 0 Å². The van der Waals surface area contributed by atoms with Crippen LogP contribution in [0.25, 0.3) is 0 Å². The van der Waals surface area contributed by atoms with Crippen LogP contribution in [-0.4, -0.2) is 59.6 Å². The van der Waals surface area contributed by atoms with E-state index in [-0.39, 0.29) is 5.78 Å². The smallest absolute Gasteiger partial charge is 0.159 e. The summed E-state index contributed by atoms with van der Waals surface area (Å²) in [6.07, 6.45) is 5.96. The lowest BCUT2D eigenvalue weighted by atomic mass is 10.0. The molecule has 2 heterocycles. The van der Waals surface area contributed by atoms with E-state index in [1.54, 1.807) is 13.8 Å². The minimum absolute atomic E-state index is 0.130. The molecular formula is C21H30N2O2. The molecule has 1 aromatic rings. The maximum atomic E-state index is 11.4. The third-order valence-corrected chi connectivity index (χ3v) is 5.66. The molecule has 2 aliphatic rings. The van der Waals surface area contributed by atoms with Crippen LogP contribution in [0.4, 0.5) is 0 Å². The van der Waals surface area contributed by atoms with Crippen molar-refractivity contribution in [3.8, 4) is 0 Å². The van der Waals surface area contributed by atoms with Crippen LogP contribution in [0.3, 0.4) is 0 Å². The van der Waals surface area contributed by atoms with E-state index in [9.17, 15) is 9.59 Å². The first-order valence-corrected chi connectivity index (χ1v) is 9.60. The van der Waals surface area contributed by atoms with Gasteiger partial charge >= 0.3 is 0 Å². The van der Waals surface area contributed by atoms with Gasteiger partial charge in [-0.1, -0.05) is 24.3 Å². The number of carbonyl (C=O) groups excluding carboxylic acids is 2. The molecule has 0 saturated carbocycles. The summed E-state index contributed by atoms with van der Waals surface area (Å²) < 4.78 is 0. The number of rotatable bonds is 8. The third-order valence-electron chi connectivity index (χ3n) is 5.66. The maximum Gasteiger partial charge on any atom is 0.159 e. The molecule has 2 saturated heterocycles. The van der Waals surface area contributed by atoms with E-state index in [1.807, 2.05) is 12.1 Å². The molecule has 136 valence electrons. The fraction of sp³-hybridized carbons (Fsp3) is 0.619. The zero-order chi connectivity index (χ0) is 17.8. The van der Waals surface area contributed by atoms with Crippen molar-refractivity contribution in [1.29, 1.82) is 0 Å². The molecule has 1 aromatic carbocycles. The highest BCUT2D eigenvalue weighted by atomic mass is 16.1. The second-order valence-electron chi connectivity index (χ2n) is 7.73. The molecule has 0 aromatic heterocycles. The van der Waals surface area contributed by atoms with Gasteiger partial charge in [-0.15, -0.1) is 0 Å². The number of aryl methyl sites for hydroxylation is 1. The largest absolute Gasteiger partial charge is 0.300 e. The van der Waals surface area contributed by atoms with Crippen molar-refractivity contribution in [2.24, 2.45) is 0 Å². The zero-order valence-electron chi connectivity index (χ0n) is 15.5. The van der Waals surface area contributed by atoms with E-state index in [1.165, 1.54) is 31.2 Å². The van der Waals surface area contributed by atoms with Gasteiger partial charge in [0.25, 0.3) is 0 Å². The lowest BCUT2D eigenvalue weighted by Gasteiger charge is -2.40. The number of nitrogens with zero attached hydrogens (tertiary/aromatic N) is 2. The Morgan fingerprint density at radius 1 is 1.00 bits per heavy atom. The quantitative estimate of drug-likeness (QED) is 0.538. The number of hydrogen-bond acceptors (Lipinski definition) is 4. The summed E-state index contributed by atoms with van der Waals surface area (Å²) in [5.74, 6) is 0.422. The van der Waals surface area contributed by atoms with Gasteiger partial charge in [-0.3, -0.25) is 14.5 Å². The Kier molecular flexibility index (Phi) is 6.02. The number of fused-ring (bicyclic) bond motifs is 2. The zero-order valence-corrected chi connectivity index (χ0v) is 15.5. The predicted molar refractivity (Wildman–Crippen MR) is 100 cm³/mol. The molecule has 2 bridgehead atoms. The number of Topliss-reactive ketones (excluding diaryl/α,β-unsaturated/α-hetero) is 2. The monoisotopic (exact) mass is 342 g/mol. The van der Waals surface area contributed by atoms with Crippen LogP contribution in [0.2, 0.25) is 0 Å². The summed E-state index contributed by atoms with van der Waals surface area (Å²) in [7, 11) is 0. The molecule has 3 rings (SSSR count). The highest BCUT2D eigenvalue weighted by molar-refractivity contribution is 5.94. The van der Waals surface area contributed by atoms with Crippen LogP contribution >= 0.6 is 0 Å². The van der Waals surface area contributed by atoms with E-state index in [0.717, 1.165) is 31.6 Å². The fourth-order valence-corrected chi connectivity index (χ4v) is 4.35. The van der Waals surface area contributed by atoms with Gasteiger partial charge in [-0.25, -0.2) is 0 Å². The molecule has 0 N–H and O–H groups in total. The summed E-state index contributed by atoms with van der Waals surface area (Å²) in [6.45, 7) is 7.35. The van der Waals surface area contributed by atoms with Gasteiger partial charge in [0.2, 0.25) is 0 Å². The van der Waals surface area contributed by atoms with E-state index < -0.39 is 0 Å². The fourth-order valence-electron chi connectivity index (χ4n) is 4.35. The number of ketones is 2. The van der Waals surface area contributed by atoms with Gasteiger partial charge in [-0.2, -0.15) is 0 Å². The van der Waals surface area contributed by atoms with Crippen molar-refractivity contribution in [3.05, 3.63) is 35.4 Å². The summed E-state index contributed by atoms with van der Waals surface area (Å²) >= 11 is 0. The topological polar surface area (TPSA) is 40.6 Å². The first kappa shape index (κ1) is 18.3. The molecule has 2 aliphatic heterocycles. The first-order valence-electron chi connectivity index (χ1n) is 9.60. The van der Waals surface area contributed by atoms with Crippen molar-refractivity contribution < 1.29 is 9.59 Å². The standard InChI is InChI=1S/C21H30N2O2/c1-16(24)13-23-20-10-11-21(23)15-22(14-20)12-4-3-5-18-6-8-19(9-7-18)17(2)25/h6-9,20-21H,3-5,10-15H2,1-2H3. The van der Waals surface area contributed by atoms with Gasteiger partial charge in [0.15, 0.2) is 5.78 Å². The van der Waals surface area contributed by atoms with Crippen molar-refractivity contribution >= 4 is 11.6 Å². The van der Waals surface area contributed by atoms with E-state index in [4.69, 9.17) is 0 Å². The van der Waals surface area contributed by atoms with E-state index in [2.05, 4.69) is 21.9 Å². The average molecular weight is 342 g/mol. The summed E-state index contributed by atoms with van der Waals surface area (Å²) in [6, 6.07) is 9.20. The van der Waals surface area contributed by atoms with Crippen molar-refractivity contribution in [2.45, 2.75) is 58.0 Å². The van der Waals surface area contributed by atoms with Gasteiger partial charge in [-0.05, 0) is 58.1 Å². The first-order chi connectivity index (χ1) is 12.0. The van der Waals surface area contributed by atoms with Crippen LogP contribution in [0.5, 0.6) is 0 Å². The molecule has 0 aliphatic carbocycles. The molecule has 4 heteroatoms. The molecular weight excluding hydrogens is 312 g/mol. The third kappa shape index (κ3) is 4.77. The molecule has 0 radical (unpaired) electrons. The van der Waals surface area contributed by atoms with Gasteiger partial charge < -0.3 is 4.90 Å². The summed E-state index contributed by atoms with van der Waals surface area (Å²) in [4.78, 5) is 27.8. The molecule has 2 unspecified atom stereocenters. The number of likely N-dealkylation sites (tertiary alicyclic amines) is 1. The lowest BCUT2D eigenvalue weighted by Crippen LogP contribution is -2.54. The Hall–Kier alpha value is -1.52. The number of benzene rings is 1. The van der Waals surface area contributed by atoms with Gasteiger partial charge in [0, 0.05) is 30.7 Å². The number of unbranched alkanes of at least 4 members (excludes halogenated alkanes) is 1. The van der Waals surface area contributed by atoms with Crippen molar-refractivity contribution in [3.63, 3.8) is 0 Å². The maximum absolute atomic E-state index is 11.4.